The minimum absolute atomic E-state index is 0.109. The highest BCUT2D eigenvalue weighted by Crippen LogP contribution is 2.43. The van der Waals surface area contributed by atoms with Crippen LogP contribution in [0, 0.1) is 0 Å². The van der Waals surface area contributed by atoms with E-state index in [-0.39, 0.29) is 31.2 Å². The molecule has 1 aromatic rings. The van der Waals surface area contributed by atoms with Crippen molar-refractivity contribution in [3.8, 4) is 0 Å². The van der Waals surface area contributed by atoms with Gasteiger partial charge in [0.15, 0.2) is 0 Å². The third kappa shape index (κ3) is 3.26. The number of hydrogen-bond acceptors (Lipinski definition) is 4. The highest BCUT2D eigenvalue weighted by Gasteiger charge is 2.53. The van der Waals surface area contributed by atoms with E-state index in [4.69, 9.17) is 0 Å². The molecule has 2 aliphatic rings. The van der Waals surface area contributed by atoms with Gasteiger partial charge >= 0.3 is 5.97 Å². The number of fused-ring (bicyclic) bond motifs is 3. The predicted octanol–water partition coefficient (Wildman–Crippen LogP) is 1.52. The fraction of sp³-hybridized carbons (Fsp3) is 0.400. The normalized spacial score (nSPS) is 21.8. The van der Waals surface area contributed by atoms with Crippen LogP contribution in [0.25, 0.3) is 0 Å². The molecular weight excluding hydrogens is 362 g/mol. The molecule has 1 aromatic carbocycles. The summed E-state index contributed by atoms with van der Waals surface area (Å²) in [7, 11) is 0. The highest BCUT2D eigenvalue weighted by atomic mass is 16.4. The fourth-order valence-corrected chi connectivity index (χ4v) is 3.87. The van der Waals surface area contributed by atoms with Crippen molar-refractivity contribution in [2.45, 2.75) is 44.3 Å². The first-order chi connectivity index (χ1) is 13.3. The fourth-order valence-electron chi connectivity index (χ4n) is 3.87. The zero-order valence-electron chi connectivity index (χ0n) is 15.7. The molecule has 0 bridgehead atoms. The minimum atomic E-state index is -1.14. The third-order valence-corrected chi connectivity index (χ3v) is 5.34. The highest BCUT2D eigenvalue weighted by molar-refractivity contribution is 6.11. The summed E-state index contributed by atoms with van der Waals surface area (Å²) in [5.41, 5.74) is -0.0623. The van der Waals surface area contributed by atoms with E-state index in [1.807, 2.05) is 0 Å². The summed E-state index contributed by atoms with van der Waals surface area (Å²) in [6, 6.07) is 5.75. The summed E-state index contributed by atoms with van der Waals surface area (Å²) in [5.74, 6) is -2.18. The first-order valence-corrected chi connectivity index (χ1v) is 9.16. The van der Waals surface area contributed by atoms with E-state index in [1.165, 1.54) is 4.90 Å². The molecule has 148 valence electrons. The average molecular weight is 385 g/mol. The maximum Gasteiger partial charge on any atom is 0.326 e. The van der Waals surface area contributed by atoms with Crippen molar-refractivity contribution in [2.24, 2.45) is 0 Å². The molecule has 0 aromatic heterocycles. The smallest absolute Gasteiger partial charge is 0.326 e. The maximum absolute atomic E-state index is 13.1. The number of amides is 3. The van der Waals surface area contributed by atoms with E-state index in [1.54, 1.807) is 42.2 Å². The lowest BCUT2D eigenvalue weighted by Crippen LogP contribution is -2.64. The molecule has 0 spiro atoms. The molecule has 2 atom stereocenters. The van der Waals surface area contributed by atoms with Crippen molar-refractivity contribution in [3.63, 3.8) is 0 Å². The SMILES string of the molecule is C=CCCC(NC(=O)CN1C(=O)c2ccccc2N2C(=O)CCC12C)C(=O)O. The molecule has 2 N–H and O–H groups in total. The number of para-hydroxylation sites is 1. The second kappa shape index (κ2) is 7.46. The number of aliphatic carboxylic acids is 1. The monoisotopic (exact) mass is 385 g/mol. The summed E-state index contributed by atoms with van der Waals surface area (Å²) < 4.78 is 0. The topological polar surface area (TPSA) is 107 Å². The molecule has 8 heteroatoms. The number of rotatable bonds is 7. The van der Waals surface area contributed by atoms with Crippen molar-refractivity contribution in [2.75, 3.05) is 11.4 Å². The Morgan fingerprint density at radius 3 is 2.75 bits per heavy atom. The first kappa shape index (κ1) is 19.6. The molecule has 0 radical (unpaired) electrons. The Hall–Kier alpha value is -3.16. The number of anilines is 1. The van der Waals surface area contributed by atoms with Gasteiger partial charge in [-0.05, 0) is 38.3 Å². The Balaban J connectivity index is 1.86. The number of carboxylic acid groups (broad SMARTS) is 1. The molecule has 1 fully saturated rings. The predicted molar refractivity (Wildman–Crippen MR) is 102 cm³/mol. The molecule has 2 heterocycles. The maximum atomic E-state index is 13.1. The number of carbonyl (C=O) groups is 4. The Kier molecular flexibility index (Phi) is 5.22. The second-order valence-corrected chi connectivity index (χ2v) is 7.18. The van der Waals surface area contributed by atoms with Gasteiger partial charge in [0.1, 0.15) is 18.2 Å². The number of carboxylic acids is 1. The number of allylic oxidation sites excluding steroid dienone is 1. The van der Waals surface area contributed by atoms with Crippen LogP contribution in [0.4, 0.5) is 5.69 Å². The van der Waals surface area contributed by atoms with E-state index in [0.717, 1.165) is 0 Å². The summed E-state index contributed by atoms with van der Waals surface area (Å²) in [4.78, 5) is 52.4. The van der Waals surface area contributed by atoms with E-state index >= 15 is 0 Å². The number of nitrogens with zero attached hydrogens (tertiary/aromatic N) is 2. The summed E-state index contributed by atoms with van der Waals surface area (Å²) in [5, 5.41) is 11.8. The van der Waals surface area contributed by atoms with Gasteiger partial charge in [0.05, 0.1) is 11.3 Å². The molecule has 3 amide bonds. The number of carbonyl (C=O) groups excluding carboxylic acids is 3. The molecule has 0 aliphatic carbocycles. The quantitative estimate of drug-likeness (QED) is 0.692. The Labute approximate surface area is 162 Å². The van der Waals surface area contributed by atoms with Crippen molar-refractivity contribution < 1.29 is 24.3 Å². The van der Waals surface area contributed by atoms with Gasteiger partial charge in [-0.3, -0.25) is 19.3 Å². The number of benzene rings is 1. The van der Waals surface area contributed by atoms with Gasteiger partial charge in [0, 0.05) is 6.42 Å². The van der Waals surface area contributed by atoms with Gasteiger partial charge in [-0.15, -0.1) is 6.58 Å². The van der Waals surface area contributed by atoms with E-state index in [0.29, 0.717) is 24.1 Å². The lowest BCUT2D eigenvalue weighted by atomic mass is 9.98. The van der Waals surface area contributed by atoms with Gasteiger partial charge in [0.25, 0.3) is 5.91 Å². The number of nitrogens with one attached hydrogen (secondary N) is 1. The van der Waals surface area contributed by atoms with Gasteiger partial charge in [-0.1, -0.05) is 18.2 Å². The van der Waals surface area contributed by atoms with E-state index < -0.39 is 23.6 Å². The van der Waals surface area contributed by atoms with Crippen LogP contribution in [0.15, 0.2) is 36.9 Å². The van der Waals surface area contributed by atoms with Crippen LogP contribution in [0.5, 0.6) is 0 Å². The molecule has 8 nitrogen and oxygen atoms in total. The zero-order valence-corrected chi connectivity index (χ0v) is 15.7. The van der Waals surface area contributed by atoms with E-state index in [2.05, 4.69) is 11.9 Å². The van der Waals surface area contributed by atoms with Gasteiger partial charge in [-0.2, -0.15) is 0 Å². The van der Waals surface area contributed by atoms with Crippen LogP contribution in [-0.2, 0) is 14.4 Å². The Morgan fingerprint density at radius 1 is 1.36 bits per heavy atom. The molecule has 2 unspecified atom stereocenters. The standard InChI is InChI=1S/C20H23N3O5/c1-3-4-8-14(19(27)28)21-16(24)12-22-18(26)13-7-5-6-9-15(13)23-17(25)10-11-20(22,23)2/h3,5-7,9,14H,1,4,8,10-12H2,2H3,(H,21,24)(H,27,28). The Bertz CT molecular complexity index is 852. The van der Waals surface area contributed by atoms with E-state index in [9.17, 15) is 24.3 Å². The van der Waals surface area contributed by atoms with Crippen molar-refractivity contribution in [3.05, 3.63) is 42.5 Å². The average Bonchev–Trinajstić information content (AvgIpc) is 2.97. The third-order valence-electron chi connectivity index (χ3n) is 5.34. The Morgan fingerprint density at radius 2 is 2.07 bits per heavy atom. The lowest BCUT2D eigenvalue weighted by Gasteiger charge is -2.48. The molecule has 2 aliphatic heterocycles. The molecule has 0 saturated carbocycles. The van der Waals surface area contributed by atoms with Crippen molar-refractivity contribution in [1.29, 1.82) is 0 Å². The van der Waals surface area contributed by atoms with Gasteiger partial charge in [-0.25, -0.2) is 4.79 Å². The second-order valence-electron chi connectivity index (χ2n) is 7.18. The van der Waals surface area contributed by atoms with Crippen LogP contribution in [0.1, 0.15) is 43.0 Å². The van der Waals surface area contributed by atoms with Gasteiger partial charge in [0.2, 0.25) is 11.8 Å². The molecule has 3 rings (SSSR count). The largest absolute Gasteiger partial charge is 0.480 e. The summed E-state index contributed by atoms with van der Waals surface area (Å²) in [6.45, 7) is 4.98. The van der Waals surface area contributed by atoms with Crippen molar-refractivity contribution in [1.82, 2.24) is 10.2 Å². The van der Waals surface area contributed by atoms with Crippen LogP contribution >= 0.6 is 0 Å². The molecular formula is C20H23N3O5. The summed E-state index contributed by atoms with van der Waals surface area (Å²) >= 11 is 0. The first-order valence-electron chi connectivity index (χ1n) is 9.16. The summed E-state index contributed by atoms with van der Waals surface area (Å²) in [6.07, 6.45) is 2.90. The van der Waals surface area contributed by atoms with Crippen molar-refractivity contribution >= 4 is 29.4 Å². The van der Waals surface area contributed by atoms with Crippen LogP contribution in [0.3, 0.4) is 0 Å². The molecule has 1 saturated heterocycles. The lowest BCUT2D eigenvalue weighted by molar-refractivity contribution is -0.142. The van der Waals surface area contributed by atoms with Gasteiger partial charge < -0.3 is 15.3 Å². The van der Waals surface area contributed by atoms with Crippen LogP contribution < -0.4 is 10.2 Å². The van der Waals surface area contributed by atoms with Crippen LogP contribution in [-0.4, -0.2) is 51.9 Å². The van der Waals surface area contributed by atoms with Crippen LogP contribution in [0.2, 0.25) is 0 Å². The zero-order chi connectivity index (χ0) is 20.5. The minimum Gasteiger partial charge on any atom is -0.480 e. The number of hydrogen-bond donors (Lipinski definition) is 2. The molecule has 28 heavy (non-hydrogen) atoms.